The number of halogens is 2. The first-order valence-electron chi connectivity index (χ1n) is 6.18. The Morgan fingerprint density at radius 3 is 2.29 bits per heavy atom. The van der Waals surface area contributed by atoms with Gasteiger partial charge >= 0.3 is 0 Å². The molecule has 2 rings (SSSR count). The highest BCUT2D eigenvalue weighted by Crippen LogP contribution is 2.32. The molecular formula is C12H15Cl2NO4S2. The summed E-state index contributed by atoms with van der Waals surface area (Å²) in [6.45, 7) is 1.80. The second-order valence-electron chi connectivity index (χ2n) is 5.14. The molecule has 1 aromatic rings. The van der Waals surface area contributed by atoms with Crippen molar-refractivity contribution in [2.45, 2.75) is 23.5 Å². The van der Waals surface area contributed by atoms with Crippen LogP contribution in [0.25, 0.3) is 0 Å². The summed E-state index contributed by atoms with van der Waals surface area (Å²) in [5.74, 6) is 0. The van der Waals surface area contributed by atoms with Gasteiger partial charge in [0.25, 0.3) is 0 Å². The van der Waals surface area contributed by atoms with Gasteiger partial charge in [-0.2, -0.15) is 4.31 Å². The van der Waals surface area contributed by atoms with Gasteiger partial charge in [-0.15, -0.1) is 0 Å². The first-order valence-corrected chi connectivity index (χ1v) is 10.3. The summed E-state index contributed by atoms with van der Waals surface area (Å²) in [6.07, 6.45) is 1.41. The molecule has 21 heavy (non-hydrogen) atoms. The second-order valence-corrected chi connectivity index (χ2v) is 10.2. The Morgan fingerprint density at radius 1 is 1.14 bits per heavy atom. The maximum Gasteiger partial charge on any atom is 0.244 e. The summed E-state index contributed by atoms with van der Waals surface area (Å²) in [5.41, 5.74) is 0.596. The fourth-order valence-electron chi connectivity index (χ4n) is 2.23. The normalized spacial score (nSPS) is 20.9. The topological polar surface area (TPSA) is 71.5 Å². The highest BCUT2D eigenvalue weighted by atomic mass is 35.5. The molecule has 1 fully saturated rings. The van der Waals surface area contributed by atoms with Crippen LogP contribution in [0.3, 0.4) is 0 Å². The number of benzene rings is 1. The highest BCUT2D eigenvalue weighted by Gasteiger charge is 2.37. The lowest BCUT2D eigenvalue weighted by Crippen LogP contribution is -2.31. The summed E-state index contributed by atoms with van der Waals surface area (Å²) < 4.78 is 49.4. The smallest absolute Gasteiger partial charge is 0.229 e. The summed E-state index contributed by atoms with van der Waals surface area (Å²) in [7, 11) is -7.09. The average Bonchev–Trinajstić information content (AvgIpc) is 2.83. The molecule has 0 amide bonds. The van der Waals surface area contributed by atoms with Gasteiger partial charge in [-0.25, -0.2) is 16.8 Å². The van der Waals surface area contributed by atoms with Crippen molar-refractivity contribution in [2.24, 2.45) is 0 Å². The zero-order valence-electron chi connectivity index (χ0n) is 11.5. The van der Waals surface area contributed by atoms with Crippen molar-refractivity contribution in [3.63, 3.8) is 0 Å². The quantitative estimate of drug-likeness (QED) is 0.815. The van der Waals surface area contributed by atoms with Gasteiger partial charge in [0.05, 0.1) is 10.3 Å². The first kappa shape index (κ1) is 17.0. The van der Waals surface area contributed by atoms with E-state index in [0.29, 0.717) is 17.0 Å². The van der Waals surface area contributed by atoms with Crippen molar-refractivity contribution in [1.29, 1.82) is 0 Å². The van der Waals surface area contributed by atoms with Crippen molar-refractivity contribution in [3.8, 4) is 0 Å². The van der Waals surface area contributed by atoms with Gasteiger partial charge in [-0.3, -0.25) is 0 Å². The lowest BCUT2D eigenvalue weighted by molar-refractivity contribution is 0.477. The lowest BCUT2D eigenvalue weighted by atomic mass is 10.2. The van der Waals surface area contributed by atoms with E-state index in [2.05, 4.69) is 0 Å². The third-order valence-electron chi connectivity index (χ3n) is 3.54. The van der Waals surface area contributed by atoms with Gasteiger partial charge in [0.15, 0.2) is 9.84 Å². The van der Waals surface area contributed by atoms with Gasteiger partial charge in [0, 0.05) is 24.4 Å². The summed E-state index contributed by atoms with van der Waals surface area (Å²) >= 11 is 11.9. The zero-order valence-corrected chi connectivity index (χ0v) is 14.7. The lowest BCUT2D eigenvalue weighted by Gasteiger charge is -2.18. The van der Waals surface area contributed by atoms with Crippen molar-refractivity contribution in [3.05, 3.63) is 27.7 Å². The molecule has 0 saturated carbocycles. The maximum atomic E-state index is 12.6. The number of rotatable bonds is 3. The molecule has 1 saturated heterocycles. The van der Waals surface area contributed by atoms with Crippen molar-refractivity contribution >= 4 is 43.1 Å². The Morgan fingerprint density at radius 2 is 1.76 bits per heavy atom. The minimum Gasteiger partial charge on any atom is -0.229 e. The third-order valence-corrected chi connectivity index (χ3v) is 7.88. The van der Waals surface area contributed by atoms with Crippen molar-refractivity contribution in [2.75, 3.05) is 19.3 Å². The van der Waals surface area contributed by atoms with Gasteiger partial charge in [0.2, 0.25) is 10.0 Å². The summed E-state index contributed by atoms with van der Waals surface area (Å²) in [5, 5.41) is -0.248. The minimum absolute atomic E-state index is 0.0356. The molecule has 0 aliphatic carbocycles. The van der Waals surface area contributed by atoms with E-state index in [0.717, 1.165) is 10.6 Å². The largest absolute Gasteiger partial charge is 0.244 e. The monoisotopic (exact) mass is 371 g/mol. The molecule has 0 spiro atoms. The molecule has 0 aromatic heterocycles. The molecule has 0 N–H and O–H groups in total. The van der Waals surface area contributed by atoms with Crippen LogP contribution < -0.4 is 0 Å². The minimum atomic E-state index is -3.82. The molecule has 118 valence electrons. The Hall–Kier alpha value is -0.340. The fourth-order valence-corrected chi connectivity index (χ4v) is 5.62. The van der Waals surface area contributed by atoms with E-state index in [-0.39, 0.29) is 23.0 Å². The second kappa shape index (κ2) is 5.70. The molecule has 0 radical (unpaired) electrons. The van der Waals surface area contributed by atoms with E-state index in [9.17, 15) is 16.8 Å². The van der Waals surface area contributed by atoms with E-state index < -0.39 is 25.1 Å². The van der Waals surface area contributed by atoms with E-state index in [4.69, 9.17) is 23.2 Å². The Labute approximate surface area is 134 Å². The Kier molecular flexibility index (Phi) is 4.62. The van der Waals surface area contributed by atoms with Crippen LogP contribution in [0.4, 0.5) is 0 Å². The molecule has 1 aromatic carbocycles. The van der Waals surface area contributed by atoms with Gasteiger partial charge in [0.1, 0.15) is 4.90 Å². The van der Waals surface area contributed by atoms with Gasteiger partial charge in [-0.1, -0.05) is 23.2 Å². The predicted molar refractivity (Wildman–Crippen MR) is 83.2 cm³/mol. The highest BCUT2D eigenvalue weighted by molar-refractivity contribution is 7.91. The van der Waals surface area contributed by atoms with Crippen molar-refractivity contribution < 1.29 is 16.8 Å². The van der Waals surface area contributed by atoms with E-state index in [1.807, 2.05) is 0 Å². The van der Waals surface area contributed by atoms with Crippen LogP contribution in [0.2, 0.25) is 10.0 Å². The molecule has 1 aliphatic rings. The molecule has 1 aliphatic heterocycles. The summed E-state index contributed by atoms with van der Waals surface area (Å²) in [6, 6.07) is 2.79. The van der Waals surface area contributed by atoms with Crippen LogP contribution in [0.15, 0.2) is 17.0 Å². The average molecular weight is 372 g/mol. The molecule has 0 bridgehead atoms. The molecule has 1 unspecified atom stereocenters. The molecule has 1 heterocycles. The van der Waals surface area contributed by atoms with Crippen LogP contribution >= 0.6 is 23.2 Å². The first-order chi connectivity index (χ1) is 9.53. The molecular weight excluding hydrogens is 357 g/mol. The number of hydrogen-bond acceptors (Lipinski definition) is 4. The molecule has 5 nitrogen and oxygen atoms in total. The molecule has 9 heteroatoms. The SMILES string of the molecule is Cc1cc(S(=O)(=O)N2CCC(S(C)(=O)=O)C2)c(Cl)cc1Cl. The van der Waals surface area contributed by atoms with Crippen LogP contribution in [-0.4, -0.2) is 45.7 Å². The van der Waals surface area contributed by atoms with Crippen LogP contribution in [0, 0.1) is 6.92 Å². The van der Waals surface area contributed by atoms with E-state index in [1.54, 1.807) is 6.92 Å². The number of nitrogens with zero attached hydrogens (tertiary/aromatic N) is 1. The molecule has 1 atom stereocenters. The number of sulfone groups is 1. The Bertz CT molecular complexity index is 775. The summed E-state index contributed by atoms with van der Waals surface area (Å²) in [4.78, 5) is -0.0415. The van der Waals surface area contributed by atoms with Gasteiger partial charge < -0.3 is 0 Å². The Balaban J connectivity index is 2.39. The van der Waals surface area contributed by atoms with Crippen LogP contribution in [-0.2, 0) is 19.9 Å². The number of sulfonamides is 1. The van der Waals surface area contributed by atoms with Crippen LogP contribution in [0.1, 0.15) is 12.0 Å². The predicted octanol–water partition coefficient (Wildman–Crippen LogP) is 2.11. The van der Waals surface area contributed by atoms with Crippen molar-refractivity contribution in [1.82, 2.24) is 4.31 Å². The number of aryl methyl sites for hydroxylation is 1. The van der Waals surface area contributed by atoms with E-state index in [1.165, 1.54) is 12.1 Å². The number of hydrogen-bond donors (Lipinski definition) is 0. The third kappa shape index (κ3) is 3.37. The fraction of sp³-hybridized carbons (Fsp3) is 0.500. The standard InChI is InChI=1S/C12H15Cl2NO4S2/c1-8-5-12(11(14)6-10(8)13)21(18,19)15-4-3-9(7-15)20(2,16)17/h5-6,9H,3-4,7H2,1-2H3. The zero-order chi connectivity index (χ0) is 16.0. The van der Waals surface area contributed by atoms with Gasteiger partial charge in [-0.05, 0) is 31.0 Å². The maximum absolute atomic E-state index is 12.6. The van der Waals surface area contributed by atoms with E-state index >= 15 is 0 Å². The van der Waals surface area contributed by atoms with Crippen LogP contribution in [0.5, 0.6) is 0 Å².